The molecule has 1 aromatic heterocycles. The number of pyridine rings is 1. The topological polar surface area (TPSA) is 79.3 Å². The first kappa shape index (κ1) is 14.8. The van der Waals surface area contributed by atoms with E-state index in [9.17, 15) is 8.42 Å². The van der Waals surface area contributed by atoms with E-state index in [1.165, 1.54) is 6.20 Å². The second-order valence-corrected chi connectivity index (χ2v) is 6.30. The fourth-order valence-corrected chi connectivity index (χ4v) is 2.99. The molecule has 1 aromatic carbocycles. The second-order valence-electron chi connectivity index (χ2n) is 4.17. The maximum atomic E-state index is 12.0. The lowest BCUT2D eigenvalue weighted by molar-refractivity contribution is 0.282. The predicted molar refractivity (Wildman–Crippen MR) is 77.9 cm³/mol. The van der Waals surface area contributed by atoms with Gasteiger partial charge in [-0.2, -0.15) is 0 Å². The smallest absolute Gasteiger partial charge is 0.238 e. The Hall–Kier alpha value is -1.63. The summed E-state index contributed by atoms with van der Waals surface area (Å²) in [5, 5.41) is 9.18. The quantitative estimate of drug-likeness (QED) is 0.887. The van der Waals surface area contributed by atoms with E-state index in [1.54, 1.807) is 36.4 Å². The van der Waals surface area contributed by atoms with Gasteiger partial charge in [0.1, 0.15) is 0 Å². The van der Waals surface area contributed by atoms with Crippen LogP contribution in [0.25, 0.3) is 0 Å². The lowest BCUT2D eigenvalue weighted by atomic mass is 10.2. The highest BCUT2D eigenvalue weighted by Gasteiger charge is 2.14. The van der Waals surface area contributed by atoms with E-state index in [0.717, 1.165) is 5.56 Å². The summed E-state index contributed by atoms with van der Waals surface area (Å²) in [6.45, 7) is -0.0746. The molecule has 0 aliphatic heterocycles. The molecule has 2 N–H and O–H groups in total. The van der Waals surface area contributed by atoms with Crippen LogP contribution in [0.5, 0.6) is 0 Å². The third kappa shape index (κ3) is 3.93. The largest absolute Gasteiger partial charge is 0.392 e. The average molecular weight is 313 g/mol. The van der Waals surface area contributed by atoms with Gasteiger partial charge in [0.15, 0.2) is 5.82 Å². The molecule has 0 atom stereocenters. The van der Waals surface area contributed by atoms with E-state index >= 15 is 0 Å². The van der Waals surface area contributed by atoms with Gasteiger partial charge >= 0.3 is 0 Å². The van der Waals surface area contributed by atoms with Gasteiger partial charge in [-0.15, -0.1) is 0 Å². The summed E-state index contributed by atoms with van der Waals surface area (Å²) in [6.07, 6.45) is 1.46. The molecule has 20 heavy (non-hydrogen) atoms. The highest BCUT2D eigenvalue weighted by molar-refractivity contribution is 7.91. The molecule has 0 radical (unpaired) electrons. The van der Waals surface area contributed by atoms with Gasteiger partial charge in [0.25, 0.3) is 0 Å². The molecule has 0 aliphatic carbocycles. The van der Waals surface area contributed by atoms with Crippen LogP contribution in [0.1, 0.15) is 11.1 Å². The molecule has 0 amide bonds. The highest BCUT2D eigenvalue weighted by Crippen LogP contribution is 2.20. The molecular formula is C13H13ClN2O3S. The number of nitrogens with zero attached hydrogens (tertiary/aromatic N) is 1. The van der Waals surface area contributed by atoms with E-state index in [2.05, 4.69) is 9.71 Å². The number of hydrogen-bond acceptors (Lipinski definition) is 4. The molecule has 1 heterocycles. The Kier molecular flexibility index (Phi) is 4.59. The first-order chi connectivity index (χ1) is 9.50. The first-order valence-electron chi connectivity index (χ1n) is 5.80. The monoisotopic (exact) mass is 312 g/mol. The van der Waals surface area contributed by atoms with Crippen molar-refractivity contribution in [2.75, 3.05) is 4.72 Å². The number of aromatic nitrogens is 1. The number of rotatable bonds is 5. The van der Waals surface area contributed by atoms with Crippen molar-refractivity contribution in [3.63, 3.8) is 0 Å². The molecule has 2 rings (SSSR count). The van der Waals surface area contributed by atoms with Crippen molar-refractivity contribution in [2.45, 2.75) is 12.4 Å². The zero-order valence-corrected chi connectivity index (χ0v) is 12.0. The molecule has 0 saturated carbocycles. The van der Waals surface area contributed by atoms with Crippen LogP contribution in [-0.4, -0.2) is 18.5 Å². The van der Waals surface area contributed by atoms with Crippen molar-refractivity contribution in [1.82, 2.24) is 4.98 Å². The minimum absolute atomic E-state index is 0.0746. The van der Waals surface area contributed by atoms with Crippen LogP contribution in [0, 0.1) is 0 Å². The summed E-state index contributed by atoms with van der Waals surface area (Å²) >= 11 is 5.86. The standard InChI is InChI=1S/C13H13ClN2O3S/c14-12-2-1-7-15-13(12)16-20(18,19)9-11-5-3-10(8-17)4-6-11/h1-7,17H,8-9H2,(H,15,16). The minimum atomic E-state index is -3.59. The molecule has 0 bridgehead atoms. The normalized spacial score (nSPS) is 11.3. The molecule has 2 aromatic rings. The minimum Gasteiger partial charge on any atom is -0.392 e. The summed E-state index contributed by atoms with van der Waals surface area (Å²) in [5.41, 5.74) is 1.34. The lowest BCUT2D eigenvalue weighted by Gasteiger charge is -2.08. The Morgan fingerprint density at radius 1 is 1.15 bits per heavy atom. The van der Waals surface area contributed by atoms with Gasteiger partial charge in [0, 0.05) is 6.20 Å². The molecule has 0 aliphatic rings. The van der Waals surface area contributed by atoms with Gasteiger partial charge < -0.3 is 5.11 Å². The first-order valence-corrected chi connectivity index (χ1v) is 7.83. The van der Waals surface area contributed by atoms with E-state index in [-0.39, 0.29) is 23.2 Å². The molecule has 0 fully saturated rings. The molecular weight excluding hydrogens is 300 g/mol. The van der Waals surface area contributed by atoms with Crippen LogP contribution in [-0.2, 0) is 22.4 Å². The molecule has 7 heteroatoms. The van der Waals surface area contributed by atoms with Crippen LogP contribution in [0.3, 0.4) is 0 Å². The van der Waals surface area contributed by atoms with Gasteiger partial charge in [-0.05, 0) is 23.3 Å². The molecule has 0 spiro atoms. The van der Waals surface area contributed by atoms with Crippen molar-refractivity contribution < 1.29 is 13.5 Å². The number of sulfonamides is 1. The van der Waals surface area contributed by atoms with Crippen molar-refractivity contribution >= 4 is 27.4 Å². The number of anilines is 1. The summed E-state index contributed by atoms with van der Waals surface area (Å²) in [6, 6.07) is 9.85. The molecule has 0 saturated heterocycles. The SMILES string of the molecule is O=S(=O)(Cc1ccc(CO)cc1)Nc1ncccc1Cl. The number of aliphatic hydroxyl groups excluding tert-OH is 1. The fourth-order valence-electron chi connectivity index (χ4n) is 1.60. The second kappa shape index (κ2) is 6.21. The van der Waals surface area contributed by atoms with Gasteiger partial charge in [-0.1, -0.05) is 35.9 Å². The van der Waals surface area contributed by atoms with Crippen molar-refractivity contribution in [3.8, 4) is 0 Å². The van der Waals surface area contributed by atoms with Crippen LogP contribution < -0.4 is 4.72 Å². The summed E-state index contributed by atoms with van der Waals surface area (Å²) in [5.74, 6) is -0.0767. The Labute approximate surface area is 122 Å². The Morgan fingerprint density at radius 2 is 1.80 bits per heavy atom. The summed E-state index contributed by atoms with van der Waals surface area (Å²) < 4.78 is 26.4. The Bertz CT molecular complexity index is 687. The third-order valence-corrected chi connectivity index (χ3v) is 4.10. The highest BCUT2D eigenvalue weighted by atomic mass is 35.5. The van der Waals surface area contributed by atoms with Gasteiger partial charge in [-0.25, -0.2) is 13.4 Å². The average Bonchev–Trinajstić information content (AvgIpc) is 2.41. The predicted octanol–water partition coefficient (Wildman–Crippen LogP) is 2.17. The number of nitrogens with one attached hydrogen (secondary N) is 1. The van der Waals surface area contributed by atoms with Crippen molar-refractivity contribution in [3.05, 3.63) is 58.7 Å². The summed E-state index contributed by atoms with van der Waals surface area (Å²) in [4.78, 5) is 3.88. The van der Waals surface area contributed by atoms with Crippen LogP contribution in [0.4, 0.5) is 5.82 Å². The van der Waals surface area contributed by atoms with Gasteiger partial charge in [0.2, 0.25) is 10.0 Å². The molecule has 0 unspecified atom stereocenters. The number of hydrogen-bond donors (Lipinski definition) is 2. The number of benzene rings is 1. The molecule has 5 nitrogen and oxygen atoms in total. The van der Waals surface area contributed by atoms with Gasteiger partial charge in [0.05, 0.1) is 17.4 Å². The van der Waals surface area contributed by atoms with Crippen molar-refractivity contribution in [1.29, 1.82) is 0 Å². The van der Waals surface area contributed by atoms with E-state index in [0.29, 0.717) is 5.56 Å². The Balaban J connectivity index is 2.13. The zero-order valence-electron chi connectivity index (χ0n) is 10.5. The maximum Gasteiger partial charge on any atom is 0.238 e. The lowest BCUT2D eigenvalue weighted by Crippen LogP contribution is -2.16. The third-order valence-electron chi connectivity index (χ3n) is 2.57. The van der Waals surface area contributed by atoms with E-state index < -0.39 is 10.0 Å². The summed E-state index contributed by atoms with van der Waals surface area (Å²) in [7, 11) is -3.59. The van der Waals surface area contributed by atoms with Gasteiger partial charge in [-0.3, -0.25) is 4.72 Å². The van der Waals surface area contributed by atoms with E-state index in [1.807, 2.05) is 0 Å². The maximum absolute atomic E-state index is 12.0. The van der Waals surface area contributed by atoms with E-state index in [4.69, 9.17) is 16.7 Å². The number of aliphatic hydroxyl groups is 1. The Morgan fingerprint density at radius 3 is 2.40 bits per heavy atom. The van der Waals surface area contributed by atoms with Crippen LogP contribution in [0.15, 0.2) is 42.6 Å². The zero-order chi connectivity index (χ0) is 14.6. The van der Waals surface area contributed by atoms with Crippen LogP contribution >= 0.6 is 11.6 Å². The van der Waals surface area contributed by atoms with Crippen molar-refractivity contribution in [2.24, 2.45) is 0 Å². The number of halogens is 1. The fraction of sp³-hybridized carbons (Fsp3) is 0.154. The van der Waals surface area contributed by atoms with Crippen LogP contribution in [0.2, 0.25) is 5.02 Å². The molecule has 106 valence electrons.